The Kier molecular flexibility index (Phi) is 16.1. The molecule has 1 aliphatic heterocycles. The molecule has 3 aromatic heterocycles. The summed E-state index contributed by atoms with van der Waals surface area (Å²) in [5, 5.41) is 5.51. The summed E-state index contributed by atoms with van der Waals surface area (Å²) in [7, 11) is -2.80. The van der Waals surface area contributed by atoms with Crippen LogP contribution in [0, 0.1) is 11.2 Å². The Morgan fingerprint density at radius 2 is 1.45 bits per heavy atom. The Hall–Kier alpha value is -6.92. The highest BCUT2D eigenvalue weighted by Gasteiger charge is 2.35. The van der Waals surface area contributed by atoms with Gasteiger partial charge in [-0.2, -0.15) is 18.3 Å². The van der Waals surface area contributed by atoms with Crippen LogP contribution in [0.5, 0.6) is 5.75 Å². The lowest BCUT2D eigenvalue weighted by Crippen LogP contribution is -2.31. The molecule has 73 heavy (non-hydrogen) atoms. The maximum Gasteiger partial charge on any atom is 0.475 e. The second-order valence-electron chi connectivity index (χ2n) is 18.1. The van der Waals surface area contributed by atoms with Crippen LogP contribution in [0.1, 0.15) is 79.6 Å². The SMILES string of the molecule is CCc1cccc(CC)c1-n1nc2c(c1-c1cc(F)c(OC)c3c1ccn3C(=O)OCOC(=O)CC(C)(C)CCOP(=O)(OCc1ccccc1)OCc1ccccc1)CN(c1ncc(C(F)(F)F)cn1)CC2. The van der Waals surface area contributed by atoms with Gasteiger partial charge in [0.15, 0.2) is 11.6 Å². The van der Waals surface area contributed by atoms with Crippen molar-refractivity contribution in [2.45, 2.75) is 85.7 Å². The van der Waals surface area contributed by atoms with E-state index in [2.05, 4.69) is 9.97 Å². The number of halogens is 4. The number of para-hydroxylation sites is 1. The second-order valence-corrected chi connectivity index (χ2v) is 19.7. The molecule has 0 radical (unpaired) electrons. The van der Waals surface area contributed by atoms with Crippen molar-refractivity contribution in [2.75, 3.05) is 32.0 Å². The summed E-state index contributed by atoms with van der Waals surface area (Å²) in [6.45, 7) is 7.18. The molecule has 0 bridgehead atoms. The van der Waals surface area contributed by atoms with E-state index in [0.717, 1.165) is 44.9 Å². The fourth-order valence-corrected chi connectivity index (χ4v) is 9.81. The van der Waals surface area contributed by atoms with Gasteiger partial charge in [0.05, 0.1) is 56.0 Å². The molecule has 1 aliphatic rings. The summed E-state index contributed by atoms with van der Waals surface area (Å²) in [6.07, 6.45) is -0.989. The first-order chi connectivity index (χ1) is 35.0. The maximum absolute atomic E-state index is 16.6. The van der Waals surface area contributed by atoms with Gasteiger partial charge in [-0.15, -0.1) is 0 Å². The third-order valence-electron chi connectivity index (χ3n) is 12.5. The lowest BCUT2D eigenvalue weighted by atomic mass is 9.86. The van der Waals surface area contributed by atoms with Crippen LogP contribution in [0.25, 0.3) is 27.8 Å². The third kappa shape index (κ3) is 12.1. The Balaban J connectivity index is 0.996. The first-order valence-corrected chi connectivity index (χ1v) is 25.2. The summed E-state index contributed by atoms with van der Waals surface area (Å²) < 4.78 is 107. The lowest BCUT2D eigenvalue weighted by Gasteiger charge is -2.27. The van der Waals surface area contributed by atoms with Crippen LogP contribution in [-0.2, 0) is 77.6 Å². The van der Waals surface area contributed by atoms with Gasteiger partial charge >= 0.3 is 26.1 Å². The maximum atomic E-state index is 16.6. The molecular formula is C53H55F4N6O9P. The minimum atomic E-state index is -4.62. The number of methoxy groups -OCH3 is 1. The predicted octanol–water partition coefficient (Wildman–Crippen LogP) is 12.0. The number of rotatable bonds is 20. The normalized spacial score (nSPS) is 13.0. The summed E-state index contributed by atoms with van der Waals surface area (Å²) >= 11 is 0. The van der Waals surface area contributed by atoms with E-state index < -0.39 is 49.7 Å². The first-order valence-electron chi connectivity index (χ1n) is 23.7. The van der Waals surface area contributed by atoms with E-state index in [1.807, 2.05) is 92.7 Å². The molecule has 0 N–H and O–H groups in total. The zero-order chi connectivity index (χ0) is 51.9. The van der Waals surface area contributed by atoms with Crippen LogP contribution in [-0.4, -0.2) is 63.4 Å². The molecule has 0 spiro atoms. The molecule has 0 fully saturated rings. The molecule has 0 unspecified atom stereocenters. The Labute approximate surface area is 419 Å². The van der Waals surface area contributed by atoms with Crippen molar-refractivity contribution >= 4 is 36.7 Å². The monoisotopic (exact) mass is 1030 g/mol. The Morgan fingerprint density at radius 1 is 0.822 bits per heavy atom. The van der Waals surface area contributed by atoms with Gasteiger partial charge in [0.2, 0.25) is 12.7 Å². The average Bonchev–Trinajstić information content (AvgIpc) is 3.99. The zero-order valence-electron chi connectivity index (χ0n) is 41.0. The van der Waals surface area contributed by atoms with E-state index in [-0.39, 0.29) is 56.4 Å². The molecule has 0 atom stereocenters. The average molecular weight is 1030 g/mol. The van der Waals surface area contributed by atoms with Gasteiger partial charge in [-0.3, -0.25) is 18.4 Å². The fraction of sp³-hybridized carbons (Fsp3) is 0.340. The second kappa shape index (κ2) is 22.5. The molecule has 0 saturated carbocycles. The molecule has 0 amide bonds. The summed E-state index contributed by atoms with van der Waals surface area (Å²) in [5.41, 5.74) is 4.77. The number of hydrogen-bond donors (Lipinski definition) is 0. The van der Waals surface area contributed by atoms with Crippen LogP contribution < -0.4 is 9.64 Å². The van der Waals surface area contributed by atoms with Crippen molar-refractivity contribution in [3.63, 3.8) is 0 Å². The number of aryl methyl sites for hydroxylation is 2. The number of anilines is 1. The van der Waals surface area contributed by atoms with E-state index in [1.54, 1.807) is 29.5 Å². The summed E-state index contributed by atoms with van der Waals surface area (Å²) in [5.74, 6) is -1.68. The van der Waals surface area contributed by atoms with Crippen LogP contribution in [0.3, 0.4) is 0 Å². The molecule has 8 rings (SSSR count). The number of phosphoric ester groups is 1. The number of aromatic nitrogens is 5. The number of hydrogen-bond acceptors (Lipinski definition) is 13. The van der Waals surface area contributed by atoms with Crippen LogP contribution in [0.15, 0.2) is 110 Å². The van der Waals surface area contributed by atoms with Crippen LogP contribution >= 0.6 is 7.82 Å². The fourth-order valence-electron chi connectivity index (χ4n) is 8.65. The number of fused-ring (bicyclic) bond motifs is 2. The third-order valence-corrected chi connectivity index (χ3v) is 13.9. The van der Waals surface area contributed by atoms with Crippen LogP contribution in [0.2, 0.25) is 0 Å². The molecule has 0 aliphatic carbocycles. The minimum Gasteiger partial charge on any atom is -0.492 e. The number of carbonyl (C=O) groups is 2. The highest BCUT2D eigenvalue weighted by molar-refractivity contribution is 7.48. The Bertz CT molecular complexity index is 3040. The van der Waals surface area contributed by atoms with Crippen molar-refractivity contribution in [1.29, 1.82) is 0 Å². The number of esters is 1. The molecule has 7 aromatic rings. The van der Waals surface area contributed by atoms with Crippen LogP contribution in [0.4, 0.5) is 28.3 Å². The highest BCUT2D eigenvalue weighted by Crippen LogP contribution is 2.52. The summed E-state index contributed by atoms with van der Waals surface area (Å²) in [6, 6.07) is 27.2. The van der Waals surface area contributed by atoms with Gasteiger partial charge in [0.1, 0.15) is 5.52 Å². The number of carbonyl (C=O) groups excluding carboxylic acids is 2. The molecular weight excluding hydrogens is 972 g/mol. The molecule has 4 heterocycles. The molecule has 4 aromatic carbocycles. The number of benzene rings is 4. The smallest absolute Gasteiger partial charge is 0.475 e. The highest BCUT2D eigenvalue weighted by atomic mass is 31.2. The van der Waals surface area contributed by atoms with E-state index in [9.17, 15) is 27.3 Å². The van der Waals surface area contributed by atoms with E-state index in [0.29, 0.717) is 53.7 Å². The molecule has 20 heteroatoms. The number of phosphoric acid groups is 1. The largest absolute Gasteiger partial charge is 0.492 e. The van der Waals surface area contributed by atoms with Gasteiger partial charge in [0, 0.05) is 54.6 Å². The van der Waals surface area contributed by atoms with Crippen molar-refractivity contribution in [3.05, 3.63) is 154 Å². The zero-order valence-corrected chi connectivity index (χ0v) is 41.9. The lowest BCUT2D eigenvalue weighted by molar-refractivity contribution is -0.154. The standard InChI is InChI=1S/C53H55F4N6O9P/c1-6-37-19-14-20-38(7-2)46(37)63-47(42-31-61(24-22-44(42)60-63)50-58-29-39(30-59-50)53(55,56)57)41-27-43(54)49(67-5)48-40(41)21-25-62(48)51(65)69-34-68-45(64)28-52(3,4)23-26-70-73(66,71-32-35-15-10-8-11-16-35)72-33-36-17-12-9-13-18-36/h8-21,25,27,29-30H,6-7,22-24,26,28,31-34H2,1-5H3. The molecule has 15 nitrogen and oxygen atoms in total. The number of nitrogens with zero attached hydrogens (tertiary/aromatic N) is 6. The van der Waals surface area contributed by atoms with Gasteiger partial charge in [-0.25, -0.2) is 33.0 Å². The van der Waals surface area contributed by atoms with E-state index >= 15 is 4.39 Å². The quantitative estimate of drug-likeness (QED) is 0.0308. The van der Waals surface area contributed by atoms with E-state index in [4.69, 9.17) is 32.9 Å². The van der Waals surface area contributed by atoms with Gasteiger partial charge in [-0.05, 0) is 59.1 Å². The number of ether oxygens (including phenoxy) is 3. The number of alkyl halides is 3. The topological polar surface area (TPSA) is 158 Å². The molecule has 0 saturated heterocycles. The minimum absolute atomic E-state index is 0.0173. The predicted molar refractivity (Wildman–Crippen MR) is 263 cm³/mol. The molecule has 384 valence electrons. The first kappa shape index (κ1) is 52.4. The van der Waals surface area contributed by atoms with Crippen molar-refractivity contribution in [1.82, 2.24) is 24.3 Å². The summed E-state index contributed by atoms with van der Waals surface area (Å²) in [4.78, 5) is 36.9. The van der Waals surface area contributed by atoms with Crippen molar-refractivity contribution in [3.8, 4) is 22.7 Å². The van der Waals surface area contributed by atoms with Crippen molar-refractivity contribution < 1.29 is 59.5 Å². The van der Waals surface area contributed by atoms with E-state index in [1.165, 1.54) is 19.4 Å². The Morgan fingerprint density at radius 3 is 2.04 bits per heavy atom. The van der Waals surface area contributed by atoms with Gasteiger partial charge in [-0.1, -0.05) is 107 Å². The van der Waals surface area contributed by atoms with Crippen molar-refractivity contribution in [2.24, 2.45) is 5.41 Å². The van der Waals surface area contributed by atoms with Gasteiger partial charge in [0.25, 0.3) is 0 Å². The van der Waals surface area contributed by atoms with Gasteiger partial charge < -0.3 is 19.1 Å².